The molecule has 0 amide bonds. The number of hydrogen-bond donors (Lipinski definition) is 0. The van der Waals surface area contributed by atoms with Crippen LogP contribution >= 0.6 is 21.6 Å². The van der Waals surface area contributed by atoms with Crippen molar-refractivity contribution in [1.29, 1.82) is 0 Å². The average molecular weight is 492 g/mol. The number of benzene rings is 4. The summed E-state index contributed by atoms with van der Waals surface area (Å²) in [5.74, 6) is 0.993. The molecule has 1 nitrogen and oxygen atoms in total. The Hall–Kier alpha value is -2.75. The number of fused-ring (bicyclic) bond motifs is 1. The Bertz CT molecular complexity index is 1320. The molecule has 0 spiro atoms. The van der Waals surface area contributed by atoms with Crippen molar-refractivity contribution in [1.82, 2.24) is 0 Å². The van der Waals surface area contributed by atoms with E-state index in [1.165, 1.54) is 27.8 Å². The van der Waals surface area contributed by atoms with Crippen LogP contribution in [0.1, 0.15) is 47.2 Å². The SMILES string of the molecule is CC12c3ccccc3C(C)(c3ccccc31)[C@@H](SSCc1ccccc1)[C@H]2N=Cc1ccccc1. The number of hydrogen-bond acceptors (Lipinski definition) is 3. The average Bonchev–Trinajstić information content (AvgIpc) is 2.92. The molecular formula is C32H29NS2. The highest BCUT2D eigenvalue weighted by atomic mass is 33.1. The molecule has 0 saturated carbocycles. The standard InChI is InChI=1S/C32H29NS2/c1-31-25-17-9-11-19-27(25)32(2,28-20-12-10-18-26(28)31)30(35-34-22-24-15-7-4-8-16-24)29(31)33-21-23-13-5-3-6-14-23/h3-21,29-30H,22H2,1-2H3/t29-,30+,31?,32?/m1/s1. The zero-order chi connectivity index (χ0) is 23.9. The van der Waals surface area contributed by atoms with Crippen LogP contribution in [0, 0.1) is 0 Å². The smallest absolute Gasteiger partial charge is 0.0773 e. The van der Waals surface area contributed by atoms with Crippen LogP contribution in [0.5, 0.6) is 0 Å². The third-order valence-electron chi connectivity index (χ3n) is 7.96. The van der Waals surface area contributed by atoms with E-state index in [9.17, 15) is 0 Å². The molecule has 0 N–H and O–H groups in total. The second-order valence-electron chi connectivity index (χ2n) is 9.89. The number of nitrogens with zero attached hydrogens (tertiary/aromatic N) is 1. The van der Waals surface area contributed by atoms with Crippen LogP contribution in [0.2, 0.25) is 0 Å². The minimum atomic E-state index is -0.179. The Morgan fingerprint density at radius 1 is 0.657 bits per heavy atom. The molecule has 0 radical (unpaired) electrons. The second kappa shape index (κ2) is 9.04. The molecule has 2 bridgehead atoms. The minimum absolute atomic E-state index is 0.113. The third kappa shape index (κ3) is 3.59. The van der Waals surface area contributed by atoms with Crippen molar-refractivity contribution in [2.24, 2.45) is 4.99 Å². The summed E-state index contributed by atoms with van der Waals surface area (Å²) in [7, 11) is 3.99. The molecule has 0 fully saturated rings. The van der Waals surface area contributed by atoms with Gasteiger partial charge in [-0.1, -0.05) is 138 Å². The van der Waals surface area contributed by atoms with Crippen molar-refractivity contribution in [3.8, 4) is 0 Å². The molecule has 0 unspecified atom stereocenters. The van der Waals surface area contributed by atoms with Crippen LogP contribution in [0.4, 0.5) is 0 Å². The highest BCUT2D eigenvalue weighted by Gasteiger charge is 2.62. The zero-order valence-corrected chi connectivity index (χ0v) is 21.7. The van der Waals surface area contributed by atoms with E-state index in [4.69, 9.17) is 4.99 Å². The molecule has 0 heterocycles. The van der Waals surface area contributed by atoms with Crippen LogP contribution in [-0.2, 0) is 16.6 Å². The first-order valence-corrected chi connectivity index (χ1v) is 14.6. The van der Waals surface area contributed by atoms with Crippen LogP contribution in [-0.4, -0.2) is 17.5 Å². The largest absolute Gasteiger partial charge is 0.287 e. The highest BCUT2D eigenvalue weighted by molar-refractivity contribution is 8.76. The fourth-order valence-electron chi connectivity index (χ4n) is 6.14. The molecule has 174 valence electrons. The van der Waals surface area contributed by atoms with Gasteiger partial charge < -0.3 is 0 Å². The molecule has 4 aromatic carbocycles. The molecule has 0 aliphatic heterocycles. The van der Waals surface area contributed by atoms with E-state index in [0.29, 0.717) is 5.25 Å². The summed E-state index contributed by atoms with van der Waals surface area (Å²) >= 11 is 0. The van der Waals surface area contributed by atoms with Crippen molar-refractivity contribution >= 4 is 27.8 Å². The number of aliphatic imine (C=N–C) groups is 1. The molecule has 0 saturated heterocycles. The van der Waals surface area contributed by atoms with Gasteiger partial charge in [0.2, 0.25) is 0 Å². The van der Waals surface area contributed by atoms with Crippen LogP contribution < -0.4 is 0 Å². The van der Waals surface area contributed by atoms with Gasteiger partial charge in [-0.3, -0.25) is 4.99 Å². The Morgan fingerprint density at radius 2 is 1.14 bits per heavy atom. The lowest BCUT2D eigenvalue weighted by Gasteiger charge is -2.60. The summed E-state index contributed by atoms with van der Waals surface area (Å²) in [5.41, 5.74) is 8.02. The van der Waals surface area contributed by atoms with Gasteiger partial charge in [0.25, 0.3) is 0 Å². The maximum atomic E-state index is 5.40. The fourth-order valence-corrected chi connectivity index (χ4v) is 9.53. The first kappa shape index (κ1) is 22.7. The Balaban J connectivity index is 1.48. The van der Waals surface area contributed by atoms with Crippen LogP contribution in [0.3, 0.4) is 0 Å². The summed E-state index contributed by atoms with van der Waals surface area (Å²) in [6.45, 7) is 4.88. The molecule has 7 rings (SSSR count). The van der Waals surface area contributed by atoms with E-state index in [0.717, 1.165) is 11.3 Å². The monoisotopic (exact) mass is 491 g/mol. The Kier molecular flexibility index (Phi) is 5.86. The van der Waals surface area contributed by atoms with Gasteiger partial charge >= 0.3 is 0 Å². The molecule has 3 heteroatoms. The van der Waals surface area contributed by atoms with Crippen LogP contribution in [0.15, 0.2) is 114 Å². The summed E-state index contributed by atoms with van der Waals surface area (Å²) in [6, 6.07) is 39.6. The van der Waals surface area contributed by atoms with Crippen molar-refractivity contribution in [3.05, 3.63) is 143 Å². The lowest BCUT2D eigenvalue weighted by Crippen LogP contribution is -2.62. The normalized spacial score (nSPS) is 26.5. The van der Waals surface area contributed by atoms with E-state index in [-0.39, 0.29) is 16.9 Å². The fraction of sp³-hybridized carbons (Fsp3) is 0.219. The Labute approximate surface area is 216 Å². The molecule has 35 heavy (non-hydrogen) atoms. The van der Waals surface area contributed by atoms with Gasteiger partial charge in [-0.2, -0.15) is 0 Å². The van der Waals surface area contributed by atoms with Gasteiger partial charge in [-0.15, -0.1) is 0 Å². The van der Waals surface area contributed by atoms with Crippen molar-refractivity contribution < 1.29 is 0 Å². The van der Waals surface area contributed by atoms with E-state index in [1.807, 2.05) is 21.6 Å². The summed E-state index contributed by atoms with van der Waals surface area (Å²) < 4.78 is 0. The van der Waals surface area contributed by atoms with E-state index in [1.54, 1.807) is 0 Å². The second-order valence-corrected chi connectivity index (χ2v) is 12.4. The maximum Gasteiger partial charge on any atom is 0.0773 e. The van der Waals surface area contributed by atoms with Gasteiger partial charge in [0, 0.05) is 22.8 Å². The topological polar surface area (TPSA) is 12.4 Å². The molecular weight excluding hydrogens is 462 g/mol. The maximum absolute atomic E-state index is 5.40. The van der Waals surface area contributed by atoms with Crippen molar-refractivity contribution in [2.75, 3.05) is 0 Å². The number of rotatable bonds is 6. The van der Waals surface area contributed by atoms with Gasteiger partial charge in [-0.05, 0) is 40.3 Å². The zero-order valence-electron chi connectivity index (χ0n) is 20.1. The van der Waals surface area contributed by atoms with Gasteiger partial charge in [0.15, 0.2) is 0 Å². The molecule has 0 aromatic heterocycles. The molecule has 3 aliphatic rings. The predicted molar refractivity (Wildman–Crippen MR) is 153 cm³/mol. The first-order valence-electron chi connectivity index (χ1n) is 12.2. The van der Waals surface area contributed by atoms with Crippen molar-refractivity contribution in [2.45, 2.75) is 41.7 Å². The van der Waals surface area contributed by atoms with E-state index >= 15 is 0 Å². The van der Waals surface area contributed by atoms with Crippen molar-refractivity contribution in [3.63, 3.8) is 0 Å². The molecule has 2 atom stereocenters. The lowest BCUT2D eigenvalue weighted by molar-refractivity contribution is 0.295. The third-order valence-corrected chi connectivity index (χ3v) is 10.9. The van der Waals surface area contributed by atoms with Gasteiger partial charge in [-0.25, -0.2) is 0 Å². The summed E-state index contributed by atoms with van der Waals surface area (Å²) in [6.07, 6.45) is 2.10. The highest BCUT2D eigenvalue weighted by Crippen LogP contribution is 2.64. The lowest BCUT2D eigenvalue weighted by atomic mass is 9.48. The van der Waals surface area contributed by atoms with Gasteiger partial charge in [0.1, 0.15) is 0 Å². The minimum Gasteiger partial charge on any atom is -0.287 e. The van der Waals surface area contributed by atoms with Crippen LogP contribution in [0.25, 0.3) is 0 Å². The summed E-state index contributed by atoms with van der Waals surface area (Å²) in [4.78, 5) is 5.40. The predicted octanol–water partition coefficient (Wildman–Crippen LogP) is 8.06. The van der Waals surface area contributed by atoms with E-state index < -0.39 is 0 Å². The quantitative estimate of drug-likeness (QED) is 0.200. The Morgan fingerprint density at radius 3 is 1.71 bits per heavy atom. The van der Waals surface area contributed by atoms with Gasteiger partial charge in [0.05, 0.1) is 11.3 Å². The first-order chi connectivity index (χ1) is 17.1. The molecule has 3 aliphatic carbocycles. The summed E-state index contributed by atoms with van der Waals surface area (Å²) in [5, 5.41) is 0.311. The van der Waals surface area contributed by atoms with E-state index in [2.05, 4.69) is 129 Å². The molecule has 4 aromatic rings.